The maximum Gasteiger partial charge on any atom is 0.511 e. The molecule has 1 amide bonds. The first kappa shape index (κ1) is 32.0. The molecule has 5 atom stereocenters. The van der Waals surface area contributed by atoms with E-state index in [2.05, 4.69) is 0 Å². The van der Waals surface area contributed by atoms with Crippen LogP contribution < -0.4 is 15.2 Å². The van der Waals surface area contributed by atoms with E-state index in [4.69, 9.17) is 23.7 Å². The van der Waals surface area contributed by atoms with Crippen LogP contribution in [0.2, 0.25) is 0 Å². The molecule has 0 radical (unpaired) electrons. The molecule has 2 unspecified atom stereocenters. The van der Waals surface area contributed by atoms with E-state index < -0.39 is 66.2 Å². The second kappa shape index (κ2) is 13.0. The molecule has 15 heteroatoms. The summed E-state index contributed by atoms with van der Waals surface area (Å²) in [7, 11) is 1.44. The lowest BCUT2D eigenvalue weighted by atomic mass is 9.76. The fraction of sp³-hybridized carbons (Fsp3) is 0.452. The minimum Gasteiger partial charge on any atom is -0.451 e. The fourth-order valence-corrected chi connectivity index (χ4v) is 7.81. The molecular formula is C31H32F3N3O8S. The number of alkyl halides is 3. The van der Waals surface area contributed by atoms with Crippen LogP contribution in [0.3, 0.4) is 0 Å². The Bertz CT molecular complexity index is 1610. The van der Waals surface area contributed by atoms with Gasteiger partial charge >= 0.3 is 12.3 Å². The lowest BCUT2D eigenvalue weighted by Crippen LogP contribution is -2.69. The van der Waals surface area contributed by atoms with Gasteiger partial charge in [-0.1, -0.05) is 36.4 Å². The maximum atomic E-state index is 14.4. The predicted molar refractivity (Wildman–Crippen MR) is 159 cm³/mol. The molecule has 4 heterocycles. The number of fused-ring (bicyclic) bond motifs is 4. The summed E-state index contributed by atoms with van der Waals surface area (Å²) in [5, 5.41) is 1.83. The van der Waals surface area contributed by atoms with Crippen molar-refractivity contribution in [3.63, 3.8) is 0 Å². The first-order valence-corrected chi connectivity index (χ1v) is 15.7. The van der Waals surface area contributed by atoms with Crippen LogP contribution in [0.5, 0.6) is 5.75 Å². The highest BCUT2D eigenvalue weighted by atomic mass is 32.2. The number of hydrogen-bond acceptors (Lipinski definition) is 10. The van der Waals surface area contributed by atoms with Gasteiger partial charge in [0.25, 0.3) is 5.91 Å². The van der Waals surface area contributed by atoms with E-state index in [0.29, 0.717) is 0 Å². The van der Waals surface area contributed by atoms with Crippen molar-refractivity contribution in [2.75, 3.05) is 51.0 Å². The number of rotatable bonds is 7. The van der Waals surface area contributed by atoms with Gasteiger partial charge in [0.15, 0.2) is 5.69 Å². The minimum absolute atomic E-state index is 0.0637. The van der Waals surface area contributed by atoms with Crippen molar-refractivity contribution in [2.45, 2.75) is 36.3 Å². The van der Waals surface area contributed by atoms with Crippen LogP contribution in [-0.4, -0.2) is 86.1 Å². The molecule has 1 aromatic heterocycles. The summed E-state index contributed by atoms with van der Waals surface area (Å²) >= 11 is 1.36. The summed E-state index contributed by atoms with van der Waals surface area (Å²) in [4.78, 5) is 41.6. The molecule has 0 saturated carbocycles. The van der Waals surface area contributed by atoms with Gasteiger partial charge in [0.2, 0.25) is 18.0 Å². The number of aromatic nitrogens is 1. The van der Waals surface area contributed by atoms with Crippen molar-refractivity contribution in [1.29, 1.82) is 0 Å². The SMILES string of the molecule is COCCOC(=O)OCOc1c2n(ccc1=O)N([C@@H]1c3ccccc3SCC3C(C(F)(F)F)=CC=CC31)[C@@H]1[C@H](C)OCCN1C2=O. The number of morpholine rings is 1. The zero-order chi connectivity index (χ0) is 32.6. The van der Waals surface area contributed by atoms with Gasteiger partial charge in [0.05, 0.1) is 25.4 Å². The molecule has 2 aromatic rings. The average molecular weight is 664 g/mol. The Morgan fingerprint density at radius 1 is 1.13 bits per heavy atom. The number of carbonyl (C=O) groups excluding carboxylic acids is 2. The zero-order valence-electron chi connectivity index (χ0n) is 25.0. The summed E-state index contributed by atoms with van der Waals surface area (Å²) < 4.78 is 71.0. The number of amides is 1. The van der Waals surface area contributed by atoms with Gasteiger partial charge in [-0.25, -0.2) is 4.79 Å². The molecule has 1 saturated heterocycles. The lowest BCUT2D eigenvalue weighted by molar-refractivity contribution is -0.101. The van der Waals surface area contributed by atoms with Crippen molar-refractivity contribution in [1.82, 2.24) is 9.58 Å². The van der Waals surface area contributed by atoms with Crippen molar-refractivity contribution in [3.05, 3.63) is 81.8 Å². The predicted octanol–water partition coefficient (Wildman–Crippen LogP) is 4.26. The van der Waals surface area contributed by atoms with Crippen LogP contribution in [0.1, 0.15) is 29.0 Å². The topological polar surface area (TPSA) is 109 Å². The molecule has 0 N–H and O–H groups in total. The highest BCUT2D eigenvalue weighted by Crippen LogP contribution is 2.51. The largest absolute Gasteiger partial charge is 0.511 e. The number of pyridine rings is 1. The van der Waals surface area contributed by atoms with Crippen LogP contribution in [0, 0.1) is 11.8 Å². The Labute approximate surface area is 266 Å². The number of halogens is 3. The number of methoxy groups -OCH3 is 1. The van der Waals surface area contributed by atoms with E-state index in [1.807, 2.05) is 29.3 Å². The molecule has 246 valence electrons. The highest BCUT2D eigenvalue weighted by molar-refractivity contribution is 7.99. The first-order valence-electron chi connectivity index (χ1n) is 14.7. The van der Waals surface area contributed by atoms with E-state index in [1.54, 1.807) is 17.9 Å². The molecule has 4 aliphatic rings. The Morgan fingerprint density at radius 2 is 1.93 bits per heavy atom. The summed E-state index contributed by atoms with van der Waals surface area (Å²) in [5.74, 6) is -2.31. The standard InChI is InChI=1S/C31H32F3N3O8S/c1-18-28-35(12-13-42-18)29(39)26-27(44-17-45-30(40)43-15-14-41-2)23(38)10-11-36(26)37(28)25-19-7-5-8-22(31(32,33)34)21(19)16-46-24-9-4-3-6-20(24)25/h3-11,18-19,21,25,28H,12-17H2,1-2H3/t18-,19?,21?,25-,28+/m0/s1. The zero-order valence-corrected chi connectivity index (χ0v) is 25.8. The van der Waals surface area contributed by atoms with Crippen molar-refractivity contribution in [3.8, 4) is 5.75 Å². The van der Waals surface area contributed by atoms with E-state index in [9.17, 15) is 27.6 Å². The van der Waals surface area contributed by atoms with E-state index in [1.165, 1.54) is 41.9 Å². The Balaban J connectivity index is 1.47. The van der Waals surface area contributed by atoms with Crippen LogP contribution in [-0.2, 0) is 18.9 Å². The second-order valence-corrected chi connectivity index (χ2v) is 12.1. The van der Waals surface area contributed by atoms with Crippen molar-refractivity contribution >= 4 is 23.8 Å². The van der Waals surface area contributed by atoms with E-state index in [-0.39, 0.29) is 43.6 Å². The Hall–Kier alpha value is -3.95. The van der Waals surface area contributed by atoms with Gasteiger partial charge in [-0.15, -0.1) is 11.8 Å². The molecule has 1 aromatic carbocycles. The van der Waals surface area contributed by atoms with Gasteiger partial charge < -0.3 is 28.6 Å². The summed E-state index contributed by atoms with van der Waals surface area (Å²) in [6.07, 6.45) is -1.13. The number of hydrogen-bond donors (Lipinski definition) is 0. The smallest absolute Gasteiger partial charge is 0.451 e. The third-order valence-electron chi connectivity index (χ3n) is 8.46. The number of benzene rings is 1. The van der Waals surface area contributed by atoms with Gasteiger partial charge in [-0.3, -0.25) is 19.3 Å². The maximum absolute atomic E-state index is 14.4. The minimum atomic E-state index is -4.55. The lowest BCUT2D eigenvalue weighted by Gasteiger charge is -2.55. The van der Waals surface area contributed by atoms with Crippen molar-refractivity contribution in [2.24, 2.45) is 11.8 Å². The average Bonchev–Trinajstić information content (AvgIpc) is 3.19. The normalized spacial score (nSPS) is 25.4. The monoisotopic (exact) mass is 663 g/mol. The number of allylic oxidation sites excluding steroid dienone is 3. The molecule has 1 fully saturated rings. The van der Waals surface area contributed by atoms with Gasteiger partial charge in [0.1, 0.15) is 12.8 Å². The number of carbonyl (C=O) groups is 2. The number of nitrogens with zero attached hydrogens (tertiary/aromatic N) is 3. The van der Waals surface area contributed by atoms with Crippen molar-refractivity contribution < 1.29 is 46.4 Å². The van der Waals surface area contributed by atoms with Crippen LogP contribution in [0.15, 0.2) is 70.0 Å². The Kier molecular flexibility index (Phi) is 9.08. The number of thioether (sulfide) groups is 1. The third-order valence-corrected chi connectivity index (χ3v) is 9.67. The molecule has 0 spiro atoms. The third kappa shape index (κ3) is 5.86. The molecule has 46 heavy (non-hydrogen) atoms. The number of ether oxygens (including phenoxy) is 5. The van der Waals surface area contributed by atoms with E-state index >= 15 is 0 Å². The molecule has 3 aliphatic heterocycles. The molecular weight excluding hydrogens is 631 g/mol. The first-order chi connectivity index (χ1) is 22.1. The van der Waals surface area contributed by atoms with Gasteiger partial charge in [-0.05, 0) is 18.6 Å². The second-order valence-electron chi connectivity index (χ2n) is 11.1. The molecule has 6 rings (SSSR count). The van der Waals surface area contributed by atoms with E-state index in [0.717, 1.165) is 16.5 Å². The van der Waals surface area contributed by atoms with Gasteiger partial charge in [-0.2, -0.15) is 13.2 Å². The Morgan fingerprint density at radius 3 is 2.72 bits per heavy atom. The molecule has 11 nitrogen and oxygen atoms in total. The summed E-state index contributed by atoms with van der Waals surface area (Å²) in [5.41, 5.74) is -0.645. The van der Waals surface area contributed by atoms with Gasteiger partial charge in [0, 0.05) is 54.0 Å². The molecule has 1 aliphatic carbocycles. The molecule has 0 bridgehead atoms. The fourth-order valence-electron chi connectivity index (χ4n) is 6.52. The van der Waals surface area contributed by atoms with Crippen LogP contribution >= 0.6 is 11.8 Å². The van der Waals surface area contributed by atoms with Crippen LogP contribution in [0.4, 0.5) is 18.0 Å². The quantitative estimate of drug-likeness (QED) is 0.242. The highest BCUT2D eigenvalue weighted by Gasteiger charge is 2.53. The summed E-state index contributed by atoms with van der Waals surface area (Å²) in [6, 6.07) is 7.90. The summed E-state index contributed by atoms with van der Waals surface area (Å²) in [6.45, 7) is 1.53. The van der Waals surface area contributed by atoms with Crippen LogP contribution in [0.25, 0.3) is 0 Å².